The smallest absolute Gasteiger partial charge is 0.255 e. The minimum Gasteiger partial charge on any atom is -0.508 e. The molecule has 2 aromatic rings. The fourth-order valence-corrected chi connectivity index (χ4v) is 6.42. The second-order valence-electron chi connectivity index (χ2n) is 10.8. The van der Waals surface area contributed by atoms with E-state index >= 15 is 0 Å². The number of amides is 1. The highest BCUT2D eigenvalue weighted by Crippen LogP contribution is 2.52. The quantitative estimate of drug-likeness (QED) is 0.290. The number of primary amides is 1. The van der Waals surface area contributed by atoms with Gasteiger partial charge in [0.05, 0.1) is 11.6 Å². The summed E-state index contributed by atoms with van der Waals surface area (Å²) in [6.45, 7) is 0.765. The van der Waals surface area contributed by atoms with E-state index in [1.54, 1.807) is 32.3 Å². The molecule has 0 bridgehead atoms. The maximum atomic E-state index is 13.9. The van der Waals surface area contributed by atoms with Crippen LogP contribution >= 0.6 is 0 Å². The number of phenols is 1. The van der Waals surface area contributed by atoms with Crippen LogP contribution in [-0.2, 0) is 33.9 Å². The minimum atomic E-state index is -2.67. The molecular formula is C29H30FN3O7. The number of hydrogen-bond acceptors (Lipinski definition) is 9. The molecule has 2 aromatic carbocycles. The second kappa shape index (κ2) is 9.84. The van der Waals surface area contributed by atoms with Crippen LogP contribution in [0.25, 0.3) is 5.76 Å². The van der Waals surface area contributed by atoms with Gasteiger partial charge in [-0.05, 0) is 67.7 Å². The Kier molecular flexibility index (Phi) is 6.77. The highest BCUT2D eigenvalue weighted by atomic mass is 19.1. The summed E-state index contributed by atoms with van der Waals surface area (Å²) in [5, 5.41) is 47.8. The molecule has 4 atom stereocenters. The molecular weight excluding hydrogens is 521 g/mol. The molecule has 1 amide bonds. The third-order valence-electron chi connectivity index (χ3n) is 8.26. The van der Waals surface area contributed by atoms with Gasteiger partial charge >= 0.3 is 0 Å². The van der Waals surface area contributed by atoms with Crippen molar-refractivity contribution >= 4 is 23.2 Å². The standard InChI is InChI=1S/C29H30FN3O7/c1-33(2)23-18-10-15-9-17-14(12-32-11-13-3-6-16(30)7-4-13)5-8-19(34)21(17)24(35)20(15)26(37)29(18,40)27(38)22(25(23)36)28(31)39/h3-8,15,18,23,32,34-35,38,40H,9-12H2,1-2H3,(H2,31,39)/t15-,18-,23-,29-/m0/s1. The first-order chi connectivity index (χ1) is 18.9. The number of ketones is 2. The Morgan fingerprint density at radius 1 is 1.10 bits per heavy atom. The Morgan fingerprint density at radius 2 is 1.77 bits per heavy atom. The van der Waals surface area contributed by atoms with Crippen LogP contribution < -0.4 is 11.1 Å². The van der Waals surface area contributed by atoms with Crippen LogP contribution in [-0.4, -0.2) is 68.5 Å². The number of Topliss-reactive ketones (excluding diaryl/α,β-unsaturated/α-hetero) is 2. The summed E-state index contributed by atoms with van der Waals surface area (Å²) in [4.78, 5) is 40.6. The summed E-state index contributed by atoms with van der Waals surface area (Å²) in [5.41, 5.74) is 3.87. The van der Waals surface area contributed by atoms with Gasteiger partial charge in [-0.15, -0.1) is 0 Å². The van der Waals surface area contributed by atoms with Crippen molar-refractivity contribution < 1.29 is 39.2 Å². The number of aliphatic hydroxyl groups excluding tert-OH is 2. The van der Waals surface area contributed by atoms with Crippen molar-refractivity contribution in [3.05, 3.63) is 81.4 Å². The van der Waals surface area contributed by atoms with E-state index in [4.69, 9.17) is 5.73 Å². The first-order valence-electron chi connectivity index (χ1n) is 12.8. The van der Waals surface area contributed by atoms with Crippen molar-refractivity contribution in [2.75, 3.05) is 14.1 Å². The van der Waals surface area contributed by atoms with Gasteiger partial charge in [0.25, 0.3) is 5.91 Å². The molecule has 1 fully saturated rings. The minimum absolute atomic E-state index is 0.0177. The van der Waals surface area contributed by atoms with Crippen molar-refractivity contribution in [1.82, 2.24) is 10.2 Å². The summed E-state index contributed by atoms with van der Waals surface area (Å²) in [5.74, 6) is -7.18. The average molecular weight is 552 g/mol. The van der Waals surface area contributed by atoms with Gasteiger partial charge in [0, 0.05) is 24.6 Å². The summed E-state index contributed by atoms with van der Waals surface area (Å²) in [6, 6.07) is 7.99. The van der Waals surface area contributed by atoms with Gasteiger partial charge in [-0.2, -0.15) is 0 Å². The summed E-state index contributed by atoms with van der Waals surface area (Å²) in [6.07, 6.45) is 0.223. The molecule has 0 radical (unpaired) electrons. The van der Waals surface area contributed by atoms with Crippen LogP contribution in [0.1, 0.15) is 28.7 Å². The molecule has 210 valence electrons. The molecule has 0 saturated heterocycles. The number of aliphatic hydroxyl groups is 3. The largest absolute Gasteiger partial charge is 0.508 e. The number of carbonyl (C=O) groups is 3. The molecule has 10 nitrogen and oxygen atoms in total. The number of nitrogens with one attached hydrogen (secondary N) is 1. The highest BCUT2D eigenvalue weighted by Gasteiger charge is 2.64. The first kappa shape index (κ1) is 27.5. The topological polar surface area (TPSA) is 173 Å². The van der Waals surface area contributed by atoms with Crippen LogP contribution in [0.15, 0.2) is 53.3 Å². The maximum Gasteiger partial charge on any atom is 0.255 e. The van der Waals surface area contributed by atoms with Gasteiger partial charge in [-0.1, -0.05) is 18.2 Å². The van der Waals surface area contributed by atoms with Crippen LogP contribution in [0.2, 0.25) is 0 Å². The fraction of sp³-hybridized carbons (Fsp3) is 0.345. The molecule has 3 aliphatic carbocycles. The fourth-order valence-electron chi connectivity index (χ4n) is 6.42. The number of rotatable bonds is 6. The molecule has 40 heavy (non-hydrogen) atoms. The van der Waals surface area contributed by atoms with Gasteiger partial charge in [-0.25, -0.2) is 4.39 Å². The predicted octanol–water partition coefficient (Wildman–Crippen LogP) is 1.39. The zero-order valence-electron chi connectivity index (χ0n) is 21.9. The molecule has 0 heterocycles. The Labute approximate surface area is 229 Å². The lowest BCUT2D eigenvalue weighted by atomic mass is 9.57. The number of hydrogen-bond donors (Lipinski definition) is 6. The van der Waals surface area contributed by atoms with E-state index in [0.29, 0.717) is 18.7 Å². The molecule has 5 rings (SSSR count). The van der Waals surface area contributed by atoms with E-state index in [1.807, 2.05) is 0 Å². The van der Waals surface area contributed by atoms with Crippen LogP contribution in [0.3, 0.4) is 0 Å². The normalized spacial score (nSPS) is 26.1. The van der Waals surface area contributed by atoms with Crippen LogP contribution in [0.4, 0.5) is 4.39 Å². The maximum absolute atomic E-state index is 13.9. The van der Waals surface area contributed by atoms with Gasteiger partial charge in [0.2, 0.25) is 5.78 Å². The number of nitrogens with zero attached hydrogens (tertiary/aromatic N) is 1. The number of likely N-dealkylation sites (N-methyl/N-ethyl adjacent to an activating group) is 1. The zero-order chi connectivity index (χ0) is 29.1. The van der Waals surface area contributed by atoms with E-state index in [1.165, 1.54) is 23.1 Å². The summed E-state index contributed by atoms with van der Waals surface area (Å²) >= 11 is 0. The lowest BCUT2D eigenvalue weighted by Gasteiger charge is -2.50. The second-order valence-corrected chi connectivity index (χ2v) is 10.8. The lowest BCUT2D eigenvalue weighted by Crippen LogP contribution is -2.65. The Balaban J connectivity index is 1.56. The van der Waals surface area contributed by atoms with E-state index in [0.717, 1.165) is 11.1 Å². The van der Waals surface area contributed by atoms with E-state index < -0.39 is 58.0 Å². The van der Waals surface area contributed by atoms with Crippen LogP contribution in [0.5, 0.6) is 5.75 Å². The van der Waals surface area contributed by atoms with E-state index in [2.05, 4.69) is 5.32 Å². The van der Waals surface area contributed by atoms with Crippen molar-refractivity contribution in [2.45, 2.75) is 37.6 Å². The monoisotopic (exact) mass is 551 g/mol. The lowest BCUT2D eigenvalue weighted by molar-refractivity contribution is -0.153. The molecule has 7 N–H and O–H groups in total. The molecule has 11 heteroatoms. The van der Waals surface area contributed by atoms with E-state index in [9.17, 15) is 39.2 Å². The van der Waals surface area contributed by atoms with Gasteiger partial charge in [0.15, 0.2) is 11.4 Å². The van der Waals surface area contributed by atoms with Gasteiger partial charge < -0.3 is 31.5 Å². The average Bonchev–Trinajstić information content (AvgIpc) is 2.88. The van der Waals surface area contributed by atoms with Crippen molar-refractivity contribution in [3.8, 4) is 5.75 Å². The Morgan fingerprint density at radius 3 is 2.40 bits per heavy atom. The van der Waals surface area contributed by atoms with Crippen LogP contribution in [0, 0.1) is 17.7 Å². The van der Waals surface area contributed by atoms with E-state index in [-0.39, 0.29) is 35.5 Å². The van der Waals surface area contributed by atoms with Crippen molar-refractivity contribution in [3.63, 3.8) is 0 Å². The Bertz CT molecular complexity index is 1500. The number of halogens is 1. The number of benzene rings is 2. The number of nitrogens with two attached hydrogens (primary N) is 1. The highest BCUT2D eigenvalue weighted by molar-refractivity contribution is 6.24. The summed E-state index contributed by atoms with van der Waals surface area (Å²) < 4.78 is 13.2. The zero-order valence-corrected chi connectivity index (χ0v) is 21.9. The molecule has 0 aliphatic heterocycles. The molecule has 3 aliphatic rings. The molecule has 0 spiro atoms. The number of fused-ring (bicyclic) bond motifs is 3. The van der Waals surface area contributed by atoms with Crippen molar-refractivity contribution in [2.24, 2.45) is 17.6 Å². The SMILES string of the molecule is CN(C)[C@@H]1C(=O)C(C(N)=O)=C(O)[C@@]2(O)C(=O)C3=C(O)c4c(O)ccc(CNCc5ccc(F)cc5)c4C[C@H]3C[C@@H]12. The number of aromatic hydroxyl groups is 1. The third kappa shape index (κ3) is 4.09. The third-order valence-corrected chi connectivity index (χ3v) is 8.26. The predicted molar refractivity (Wildman–Crippen MR) is 141 cm³/mol. The van der Waals surface area contributed by atoms with Gasteiger partial charge in [0.1, 0.15) is 28.7 Å². The number of carbonyl (C=O) groups excluding carboxylic acids is 3. The summed E-state index contributed by atoms with van der Waals surface area (Å²) in [7, 11) is 3.10. The molecule has 1 saturated carbocycles. The first-order valence-corrected chi connectivity index (χ1v) is 12.8. The molecule has 0 unspecified atom stereocenters. The molecule has 0 aromatic heterocycles. The number of phenolic OH excluding ortho intramolecular Hbond substituents is 1. The van der Waals surface area contributed by atoms with Crippen molar-refractivity contribution in [1.29, 1.82) is 0 Å². The van der Waals surface area contributed by atoms with Gasteiger partial charge in [-0.3, -0.25) is 19.3 Å². The Hall–Kier alpha value is -4.06.